The lowest BCUT2D eigenvalue weighted by molar-refractivity contribution is -0.131. The average molecular weight is 296 g/mol. The number of aliphatic carboxylic acids is 1. The van der Waals surface area contributed by atoms with Crippen LogP contribution in [0.1, 0.15) is 12.5 Å². The monoisotopic (exact) mass is 296 g/mol. The van der Waals surface area contributed by atoms with Crippen molar-refractivity contribution in [1.29, 1.82) is 0 Å². The first kappa shape index (κ1) is 14.6. The maximum Gasteiger partial charge on any atom is 0.328 e. The summed E-state index contributed by atoms with van der Waals surface area (Å²) in [5.74, 6) is 2.74. The minimum Gasteiger partial charge on any atom is -0.492 e. The normalized spacial score (nSPS) is 12.8. The lowest BCUT2D eigenvalue weighted by Gasteiger charge is -2.10. The summed E-state index contributed by atoms with van der Waals surface area (Å²) in [5.41, 5.74) is 0.665. The Kier molecular flexibility index (Phi) is 5.17. The molecule has 1 heterocycles. The zero-order valence-electron chi connectivity index (χ0n) is 11.1. The molecule has 0 fully saturated rings. The van der Waals surface area contributed by atoms with Crippen LogP contribution in [0.5, 0.6) is 17.2 Å². The van der Waals surface area contributed by atoms with Gasteiger partial charge in [-0.05, 0) is 17.9 Å². The van der Waals surface area contributed by atoms with Crippen LogP contribution in [0.15, 0.2) is 18.2 Å². The number of ether oxygens (including phenoxy) is 3. The third kappa shape index (κ3) is 3.84. The van der Waals surface area contributed by atoms with E-state index in [-0.39, 0.29) is 6.79 Å². The molecule has 6 heteroatoms. The van der Waals surface area contributed by atoms with Gasteiger partial charge in [0.15, 0.2) is 11.5 Å². The third-order valence-electron chi connectivity index (χ3n) is 2.60. The van der Waals surface area contributed by atoms with Gasteiger partial charge in [-0.3, -0.25) is 0 Å². The van der Waals surface area contributed by atoms with E-state index in [0.717, 1.165) is 17.6 Å². The number of carboxylic acids is 1. The highest BCUT2D eigenvalue weighted by Crippen LogP contribution is 2.38. The first-order valence-electron chi connectivity index (χ1n) is 6.26. The highest BCUT2D eigenvalue weighted by atomic mass is 32.2. The van der Waals surface area contributed by atoms with Crippen molar-refractivity contribution in [3.8, 4) is 17.2 Å². The van der Waals surface area contributed by atoms with E-state index in [0.29, 0.717) is 29.4 Å². The molecule has 0 bridgehead atoms. The fourth-order valence-corrected chi connectivity index (χ4v) is 2.20. The second-order valence-electron chi connectivity index (χ2n) is 3.96. The van der Waals surface area contributed by atoms with Crippen LogP contribution in [-0.2, 0) is 4.79 Å². The molecule has 2 rings (SSSR count). The summed E-state index contributed by atoms with van der Waals surface area (Å²) in [4.78, 5) is 10.6. The fourth-order valence-electron chi connectivity index (χ4n) is 1.71. The summed E-state index contributed by atoms with van der Waals surface area (Å²) in [6.45, 7) is 2.82. The fraction of sp³-hybridized carbons (Fsp3) is 0.357. The van der Waals surface area contributed by atoms with Gasteiger partial charge < -0.3 is 19.3 Å². The van der Waals surface area contributed by atoms with Crippen LogP contribution in [0.4, 0.5) is 0 Å². The molecular weight excluding hydrogens is 280 g/mol. The molecular formula is C14H16O5S. The van der Waals surface area contributed by atoms with Crippen molar-refractivity contribution in [2.45, 2.75) is 6.92 Å². The van der Waals surface area contributed by atoms with E-state index in [1.807, 2.05) is 0 Å². The Morgan fingerprint density at radius 2 is 2.20 bits per heavy atom. The third-order valence-corrected chi connectivity index (χ3v) is 3.46. The molecule has 1 N–H and O–H groups in total. The van der Waals surface area contributed by atoms with Crippen LogP contribution in [0.25, 0.3) is 6.08 Å². The van der Waals surface area contributed by atoms with Crippen LogP contribution in [0, 0.1) is 0 Å². The topological polar surface area (TPSA) is 65.0 Å². The molecule has 0 saturated heterocycles. The number of fused-ring (bicyclic) bond motifs is 1. The first-order chi connectivity index (χ1) is 9.70. The molecule has 0 spiro atoms. The van der Waals surface area contributed by atoms with Gasteiger partial charge in [0.2, 0.25) is 6.79 Å². The summed E-state index contributed by atoms with van der Waals surface area (Å²) in [5, 5.41) is 8.72. The summed E-state index contributed by atoms with van der Waals surface area (Å²) in [7, 11) is 0. The Labute approximate surface area is 121 Å². The van der Waals surface area contributed by atoms with Crippen molar-refractivity contribution in [1.82, 2.24) is 0 Å². The highest BCUT2D eigenvalue weighted by Gasteiger charge is 2.17. The molecule has 0 aromatic heterocycles. The summed E-state index contributed by atoms with van der Waals surface area (Å²) < 4.78 is 16.3. The first-order valence-corrected chi connectivity index (χ1v) is 7.41. The second kappa shape index (κ2) is 7.09. The number of rotatable bonds is 7. The predicted octanol–water partition coefficient (Wildman–Crippen LogP) is 2.64. The number of hydrogen-bond donors (Lipinski definition) is 1. The van der Waals surface area contributed by atoms with E-state index in [1.54, 1.807) is 23.9 Å². The lowest BCUT2D eigenvalue weighted by atomic mass is 10.1. The standard InChI is InChI=1S/C14H16O5S/c1-2-20-6-5-17-11-8-13-12(18-9-19-13)7-10(11)3-4-14(15)16/h3-4,7-8H,2,5-6,9H2,1H3,(H,15,16)/b4-3+. The van der Waals surface area contributed by atoms with Crippen molar-refractivity contribution in [3.63, 3.8) is 0 Å². The largest absolute Gasteiger partial charge is 0.492 e. The van der Waals surface area contributed by atoms with Gasteiger partial charge in [0, 0.05) is 23.5 Å². The molecule has 5 nitrogen and oxygen atoms in total. The SMILES string of the molecule is CCSCCOc1cc2c(cc1/C=C/C(=O)O)OCO2. The van der Waals surface area contributed by atoms with Crippen molar-refractivity contribution in [2.24, 2.45) is 0 Å². The molecule has 1 aliphatic rings. The van der Waals surface area contributed by atoms with Crippen LogP contribution in [-0.4, -0.2) is 36.0 Å². The zero-order chi connectivity index (χ0) is 14.4. The number of thioether (sulfide) groups is 1. The number of benzene rings is 1. The predicted molar refractivity (Wildman–Crippen MR) is 77.7 cm³/mol. The Morgan fingerprint density at radius 3 is 2.90 bits per heavy atom. The molecule has 0 atom stereocenters. The van der Waals surface area contributed by atoms with E-state index in [1.165, 1.54) is 6.08 Å². The maximum absolute atomic E-state index is 10.6. The summed E-state index contributed by atoms with van der Waals surface area (Å²) >= 11 is 1.78. The minimum atomic E-state index is -1.00. The van der Waals surface area contributed by atoms with Gasteiger partial charge in [-0.15, -0.1) is 0 Å². The number of hydrogen-bond acceptors (Lipinski definition) is 5. The van der Waals surface area contributed by atoms with Gasteiger partial charge in [0.1, 0.15) is 5.75 Å². The summed E-state index contributed by atoms with van der Waals surface area (Å²) in [6, 6.07) is 3.46. The van der Waals surface area contributed by atoms with Gasteiger partial charge in [-0.1, -0.05) is 6.92 Å². The maximum atomic E-state index is 10.6. The van der Waals surface area contributed by atoms with Gasteiger partial charge >= 0.3 is 5.97 Å². The second-order valence-corrected chi connectivity index (χ2v) is 5.35. The van der Waals surface area contributed by atoms with Crippen molar-refractivity contribution < 1.29 is 24.1 Å². The van der Waals surface area contributed by atoms with Crippen LogP contribution in [0.3, 0.4) is 0 Å². The van der Waals surface area contributed by atoms with Crippen molar-refractivity contribution in [2.75, 3.05) is 24.9 Å². The van der Waals surface area contributed by atoms with Gasteiger partial charge in [-0.25, -0.2) is 4.79 Å². The van der Waals surface area contributed by atoms with E-state index >= 15 is 0 Å². The van der Waals surface area contributed by atoms with Crippen molar-refractivity contribution >= 4 is 23.8 Å². The van der Waals surface area contributed by atoms with Crippen molar-refractivity contribution in [3.05, 3.63) is 23.8 Å². The minimum absolute atomic E-state index is 0.173. The van der Waals surface area contributed by atoms with Crippen LogP contribution >= 0.6 is 11.8 Å². The van der Waals surface area contributed by atoms with E-state index in [4.69, 9.17) is 19.3 Å². The molecule has 1 aromatic carbocycles. The molecule has 108 valence electrons. The molecule has 0 saturated carbocycles. The van der Waals surface area contributed by atoms with E-state index in [9.17, 15) is 4.79 Å². The Bertz CT molecular complexity index is 513. The molecule has 0 amide bonds. The molecule has 0 radical (unpaired) electrons. The Hall–Kier alpha value is -1.82. The average Bonchev–Trinajstić information content (AvgIpc) is 2.87. The number of carboxylic acid groups (broad SMARTS) is 1. The van der Waals surface area contributed by atoms with E-state index < -0.39 is 5.97 Å². The zero-order valence-corrected chi connectivity index (χ0v) is 11.9. The van der Waals surface area contributed by atoms with Gasteiger partial charge in [-0.2, -0.15) is 11.8 Å². The van der Waals surface area contributed by atoms with Gasteiger partial charge in [0.05, 0.1) is 6.61 Å². The molecule has 0 aliphatic carbocycles. The molecule has 1 aromatic rings. The molecule has 20 heavy (non-hydrogen) atoms. The quantitative estimate of drug-likeness (QED) is 0.616. The van der Waals surface area contributed by atoms with Crippen LogP contribution < -0.4 is 14.2 Å². The highest BCUT2D eigenvalue weighted by molar-refractivity contribution is 7.99. The van der Waals surface area contributed by atoms with Crippen LogP contribution in [0.2, 0.25) is 0 Å². The van der Waals surface area contributed by atoms with Gasteiger partial charge in [0.25, 0.3) is 0 Å². The Balaban J connectivity index is 2.16. The molecule has 1 aliphatic heterocycles. The Morgan fingerprint density at radius 1 is 1.45 bits per heavy atom. The van der Waals surface area contributed by atoms with E-state index in [2.05, 4.69) is 6.92 Å². The lowest BCUT2D eigenvalue weighted by Crippen LogP contribution is -2.02. The smallest absolute Gasteiger partial charge is 0.328 e. The molecule has 0 unspecified atom stereocenters. The summed E-state index contributed by atoms with van der Waals surface area (Å²) in [6.07, 6.45) is 2.57. The number of carbonyl (C=O) groups is 1.